The number of rotatable bonds is 4. The zero-order valence-corrected chi connectivity index (χ0v) is 11.3. The number of nitrogens with one attached hydrogen (secondary N) is 2. The van der Waals surface area contributed by atoms with Crippen LogP contribution in [0.15, 0.2) is 42.6 Å². The predicted octanol–water partition coefficient (Wildman–Crippen LogP) is 1.84. The lowest BCUT2D eigenvalue weighted by molar-refractivity contribution is -0.116. The fraction of sp³-hybridized carbons (Fsp3) is 0.125. The average molecular weight is 281 g/mol. The molecular formula is C16H15N3O2. The molecule has 3 rings (SSSR count). The zero-order valence-electron chi connectivity index (χ0n) is 11.3. The number of para-hydroxylation sites is 1. The summed E-state index contributed by atoms with van der Waals surface area (Å²) >= 11 is 0. The first-order chi connectivity index (χ1) is 10.3. The molecule has 21 heavy (non-hydrogen) atoms. The van der Waals surface area contributed by atoms with Gasteiger partial charge in [-0.1, -0.05) is 18.2 Å². The molecule has 0 unspecified atom stereocenters. The number of aliphatic hydroxyl groups is 1. The topological polar surface area (TPSA) is 78.0 Å². The SMILES string of the molecule is O=C(/C=C/c1cc2c(cn1)[nH]c1ccccc12)NCCO. The molecule has 1 amide bonds. The highest BCUT2D eigenvalue weighted by molar-refractivity contribution is 6.07. The number of hydrogen-bond acceptors (Lipinski definition) is 3. The number of H-pyrrole nitrogens is 1. The van der Waals surface area contributed by atoms with Crippen LogP contribution in [0.2, 0.25) is 0 Å². The van der Waals surface area contributed by atoms with Crippen molar-refractivity contribution in [3.05, 3.63) is 48.3 Å². The molecule has 0 atom stereocenters. The van der Waals surface area contributed by atoms with E-state index >= 15 is 0 Å². The predicted molar refractivity (Wildman–Crippen MR) is 82.7 cm³/mol. The van der Waals surface area contributed by atoms with Crippen molar-refractivity contribution >= 4 is 33.8 Å². The average Bonchev–Trinajstić information content (AvgIpc) is 2.89. The Morgan fingerprint density at radius 2 is 2.14 bits per heavy atom. The summed E-state index contributed by atoms with van der Waals surface area (Å²) in [6.07, 6.45) is 4.84. The molecule has 5 heteroatoms. The minimum Gasteiger partial charge on any atom is -0.395 e. The lowest BCUT2D eigenvalue weighted by Gasteiger charge is -1.97. The quantitative estimate of drug-likeness (QED) is 0.638. The van der Waals surface area contributed by atoms with Crippen LogP contribution < -0.4 is 5.32 Å². The molecule has 0 saturated carbocycles. The van der Waals surface area contributed by atoms with Crippen LogP contribution >= 0.6 is 0 Å². The normalized spacial score (nSPS) is 11.5. The van der Waals surface area contributed by atoms with Crippen molar-refractivity contribution in [2.75, 3.05) is 13.2 Å². The van der Waals surface area contributed by atoms with E-state index in [2.05, 4.69) is 21.4 Å². The number of hydrogen-bond donors (Lipinski definition) is 3. The smallest absolute Gasteiger partial charge is 0.244 e. The molecule has 2 heterocycles. The molecule has 0 fully saturated rings. The van der Waals surface area contributed by atoms with E-state index in [0.717, 1.165) is 21.8 Å². The van der Waals surface area contributed by atoms with Gasteiger partial charge in [-0.3, -0.25) is 9.78 Å². The number of fused-ring (bicyclic) bond motifs is 3. The van der Waals surface area contributed by atoms with Crippen LogP contribution in [-0.4, -0.2) is 34.1 Å². The Kier molecular flexibility index (Phi) is 3.66. The van der Waals surface area contributed by atoms with E-state index in [1.165, 1.54) is 6.08 Å². The van der Waals surface area contributed by atoms with E-state index in [1.54, 1.807) is 12.3 Å². The van der Waals surface area contributed by atoms with Crippen LogP contribution in [0.1, 0.15) is 5.69 Å². The van der Waals surface area contributed by atoms with E-state index < -0.39 is 0 Å². The first kappa shape index (κ1) is 13.3. The van der Waals surface area contributed by atoms with Gasteiger partial charge in [-0.2, -0.15) is 0 Å². The second-order valence-electron chi connectivity index (χ2n) is 4.67. The fourth-order valence-electron chi connectivity index (χ4n) is 2.26. The zero-order chi connectivity index (χ0) is 14.7. The van der Waals surface area contributed by atoms with Crippen molar-refractivity contribution in [3.63, 3.8) is 0 Å². The summed E-state index contributed by atoms with van der Waals surface area (Å²) in [5.74, 6) is -0.245. The molecule has 1 aromatic carbocycles. The summed E-state index contributed by atoms with van der Waals surface area (Å²) in [6, 6.07) is 10.00. The number of aliphatic hydroxyl groups excluding tert-OH is 1. The number of carbonyl (C=O) groups excluding carboxylic acids is 1. The molecule has 0 saturated heterocycles. The maximum Gasteiger partial charge on any atom is 0.244 e. The Morgan fingerprint density at radius 3 is 3.00 bits per heavy atom. The van der Waals surface area contributed by atoms with Crippen LogP contribution in [-0.2, 0) is 4.79 Å². The van der Waals surface area contributed by atoms with Crippen LogP contribution in [0.4, 0.5) is 0 Å². The Morgan fingerprint density at radius 1 is 1.29 bits per heavy atom. The van der Waals surface area contributed by atoms with Gasteiger partial charge in [0.05, 0.1) is 24.0 Å². The van der Waals surface area contributed by atoms with Gasteiger partial charge in [0.1, 0.15) is 0 Å². The number of pyridine rings is 1. The first-order valence-electron chi connectivity index (χ1n) is 6.71. The molecule has 3 N–H and O–H groups in total. The van der Waals surface area contributed by atoms with Gasteiger partial charge in [0.2, 0.25) is 5.91 Å². The summed E-state index contributed by atoms with van der Waals surface area (Å²) in [5.41, 5.74) is 2.75. The Hall–Kier alpha value is -2.66. The third kappa shape index (κ3) is 2.78. The summed E-state index contributed by atoms with van der Waals surface area (Å²) in [6.45, 7) is 0.178. The lowest BCUT2D eigenvalue weighted by Crippen LogP contribution is -2.24. The van der Waals surface area contributed by atoms with Crippen molar-refractivity contribution in [1.29, 1.82) is 0 Å². The monoisotopic (exact) mass is 281 g/mol. The van der Waals surface area contributed by atoms with Crippen molar-refractivity contribution in [2.24, 2.45) is 0 Å². The van der Waals surface area contributed by atoms with Gasteiger partial charge in [-0.15, -0.1) is 0 Å². The van der Waals surface area contributed by atoms with Crippen LogP contribution in [0.5, 0.6) is 0 Å². The molecule has 0 spiro atoms. The summed E-state index contributed by atoms with van der Waals surface area (Å²) in [7, 11) is 0. The number of amides is 1. The van der Waals surface area contributed by atoms with Gasteiger partial charge in [0, 0.05) is 28.9 Å². The molecule has 2 aromatic heterocycles. The van der Waals surface area contributed by atoms with E-state index in [9.17, 15) is 4.79 Å². The molecular weight excluding hydrogens is 266 g/mol. The van der Waals surface area contributed by atoms with Crippen molar-refractivity contribution in [2.45, 2.75) is 0 Å². The standard InChI is InChI=1S/C16H15N3O2/c20-8-7-17-16(21)6-5-11-9-13-12-3-1-2-4-14(12)19-15(13)10-18-11/h1-6,9-10,19-20H,7-8H2,(H,17,21)/b6-5+. The molecule has 0 aliphatic carbocycles. The van der Waals surface area contributed by atoms with E-state index in [-0.39, 0.29) is 19.1 Å². The van der Waals surface area contributed by atoms with Crippen molar-refractivity contribution in [3.8, 4) is 0 Å². The first-order valence-corrected chi connectivity index (χ1v) is 6.71. The minimum atomic E-state index is -0.245. The number of aromatic amines is 1. The highest BCUT2D eigenvalue weighted by Crippen LogP contribution is 2.25. The third-order valence-electron chi connectivity index (χ3n) is 3.23. The number of carbonyl (C=O) groups is 1. The number of benzene rings is 1. The number of aromatic nitrogens is 2. The second kappa shape index (κ2) is 5.76. The van der Waals surface area contributed by atoms with Crippen molar-refractivity contribution in [1.82, 2.24) is 15.3 Å². The maximum atomic E-state index is 11.5. The Labute approximate surface area is 121 Å². The maximum absolute atomic E-state index is 11.5. The Bertz CT molecular complexity index is 821. The molecule has 106 valence electrons. The van der Waals surface area contributed by atoms with E-state index in [4.69, 9.17) is 5.11 Å². The number of nitrogens with zero attached hydrogens (tertiary/aromatic N) is 1. The summed E-state index contributed by atoms with van der Waals surface area (Å²) < 4.78 is 0. The molecule has 0 aliphatic rings. The van der Waals surface area contributed by atoms with Crippen LogP contribution in [0.3, 0.4) is 0 Å². The lowest BCUT2D eigenvalue weighted by atomic mass is 10.1. The second-order valence-corrected chi connectivity index (χ2v) is 4.67. The van der Waals surface area contributed by atoms with Gasteiger partial charge in [0.25, 0.3) is 0 Å². The van der Waals surface area contributed by atoms with Gasteiger partial charge in [-0.25, -0.2) is 0 Å². The fourth-order valence-corrected chi connectivity index (χ4v) is 2.26. The van der Waals surface area contributed by atoms with Gasteiger partial charge in [0.15, 0.2) is 0 Å². The minimum absolute atomic E-state index is 0.0703. The van der Waals surface area contributed by atoms with E-state index in [1.807, 2.05) is 24.3 Å². The van der Waals surface area contributed by atoms with Gasteiger partial charge >= 0.3 is 0 Å². The molecule has 3 aromatic rings. The Balaban J connectivity index is 1.92. The highest BCUT2D eigenvalue weighted by Gasteiger charge is 2.04. The van der Waals surface area contributed by atoms with Crippen LogP contribution in [0.25, 0.3) is 27.9 Å². The van der Waals surface area contributed by atoms with Gasteiger partial charge < -0.3 is 15.4 Å². The summed E-state index contributed by atoms with van der Waals surface area (Å²) in [4.78, 5) is 19.1. The molecule has 5 nitrogen and oxygen atoms in total. The van der Waals surface area contributed by atoms with Gasteiger partial charge in [-0.05, 0) is 18.2 Å². The largest absolute Gasteiger partial charge is 0.395 e. The van der Waals surface area contributed by atoms with Crippen LogP contribution in [0, 0.1) is 0 Å². The summed E-state index contributed by atoms with van der Waals surface area (Å²) in [5, 5.41) is 13.4. The molecule has 0 radical (unpaired) electrons. The molecule has 0 aliphatic heterocycles. The molecule has 0 bridgehead atoms. The third-order valence-corrected chi connectivity index (χ3v) is 3.23. The van der Waals surface area contributed by atoms with E-state index in [0.29, 0.717) is 5.69 Å². The van der Waals surface area contributed by atoms with Crippen molar-refractivity contribution < 1.29 is 9.90 Å². The highest BCUT2D eigenvalue weighted by atomic mass is 16.3.